The molecule has 1 aliphatic heterocycles. The molecule has 2 aromatic rings. The molecule has 1 amide bonds. The Morgan fingerprint density at radius 3 is 2.69 bits per heavy atom. The molecule has 0 saturated carbocycles. The van der Waals surface area contributed by atoms with Gasteiger partial charge in [0.05, 0.1) is 13.0 Å². The zero-order valence-corrected chi connectivity index (χ0v) is 14.1. The molecule has 1 aliphatic rings. The number of nitrogens with one attached hydrogen (secondary N) is 1. The van der Waals surface area contributed by atoms with Gasteiger partial charge in [-0.3, -0.25) is 9.59 Å². The molecule has 0 aliphatic carbocycles. The lowest BCUT2D eigenvalue weighted by atomic mass is 10.2. The molecule has 0 radical (unpaired) electrons. The quantitative estimate of drug-likeness (QED) is 0.728. The molecule has 0 atom stereocenters. The zero-order valence-electron chi connectivity index (χ0n) is 14.1. The summed E-state index contributed by atoms with van der Waals surface area (Å²) in [5.41, 5.74) is 0.866. The first-order chi connectivity index (χ1) is 12.7. The fourth-order valence-electron chi connectivity index (χ4n) is 2.29. The molecular formula is C19H19NO6. The summed E-state index contributed by atoms with van der Waals surface area (Å²) in [5.74, 6) is 1.16. The van der Waals surface area contributed by atoms with Crippen LogP contribution in [0, 0.1) is 0 Å². The Morgan fingerprint density at radius 2 is 1.85 bits per heavy atom. The second kappa shape index (κ2) is 8.75. The molecule has 0 fully saturated rings. The molecule has 0 aromatic heterocycles. The summed E-state index contributed by atoms with van der Waals surface area (Å²) in [4.78, 5) is 23.4. The van der Waals surface area contributed by atoms with Crippen molar-refractivity contribution in [3.63, 3.8) is 0 Å². The summed E-state index contributed by atoms with van der Waals surface area (Å²) in [6.45, 7) is 0.385. The maximum Gasteiger partial charge on any atom is 0.309 e. The number of hydrogen-bond acceptors (Lipinski definition) is 6. The summed E-state index contributed by atoms with van der Waals surface area (Å²) >= 11 is 0. The number of amides is 1. The van der Waals surface area contributed by atoms with Crippen molar-refractivity contribution in [1.82, 2.24) is 5.32 Å². The van der Waals surface area contributed by atoms with Crippen molar-refractivity contribution >= 4 is 11.9 Å². The van der Waals surface area contributed by atoms with Gasteiger partial charge in [-0.25, -0.2) is 0 Å². The second-order valence-electron chi connectivity index (χ2n) is 5.54. The van der Waals surface area contributed by atoms with Crippen molar-refractivity contribution in [3.8, 4) is 17.2 Å². The van der Waals surface area contributed by atoms with E-state index in [1.54, 1.807) is 24.3 Å². The highest BCUT2D eigenvalue weighted by atomic mass is 16.7. The van der Waals surface area contributed by atoms with Crippen LogP contribution >= 0.6 is 0 Å². The zero-order chi connectivity index (χ0) is 18.2. The summed E-state index contributed by atoms with van der Waals surface area (Å²) in [7, 11) is 0. The van der Waals surface area contributed by atoms with Gasteiger partial charge < -0.3 is 24.3 Å². The van der Waals surface area contributed by atoms with E-state index in [-0.39, 0.29) is 32.3 Å². The Bertz CT molecular complexity index is 762. The van der Waals surface area contributed by atoms with E-state index in [1.165, 1.54) is 0 Å². The summed E-state index contributed by atoms with van der Waals surface area (Å²) in [6.07, 6.45) is 0.0737. The van der Waals surface area contributed by atoms with Gasteiger partial charge in [0.1, 0.15) is 5.75 Å². The first-order valence-electron chi connectivity index (χ1n) is 8.19. The first-order valence-corrected chi connectivity index (χ1v) is 8.19. The third-order valence-corrected chi connectivity index (χ3v) is 3.61. The average molecular weight is 357 g/mol. The van der Waals surface area contributed by atoms with Crippen molar-refractivity contribution in [2.24, 2.45) is 0 Å². The minimum absolute atomic E-state index is 0.0737. The SMILES string of the molecule is O=C(COC(=O)CCOc1ccccc1)NCc1ccc2c(c1)OCO2. The summed E-state index contributed by atoms with van der Waals surface area (Å²) in [6, 6.07) is 14.6. The van der Waals surface area contributed by atoms with Gasteiger partial charge in [0.2, 0.25) is 6.79 Å². The van der Waals surface area contributed by atoms with Crippen LogP contribution in [0.15, 0.2) is 48.5 Å². The van der Waals surface area contributed by atoms with Gasteiger partial charge in [-0.05, 0) is 29.8 Å². The van der Waals surface area contributed by atoms with E-state index in [4.69, 9.17) is 18.9 Å². The molecule has 7 nitrogen and oxygen atoms in total. The molecule has 0 unspecified atom stereocenters. The number of benzene rings is 2. The largest absolute Gasteiger partial charge is 0.493 e. The van der Waals surface area contributed by atoms with Crippen LogP contribution in [-0.4, -0.2) is 31.9 Å². The fraction of sp³-hybridized carbons (Fsp3) is 0.263. The minimum Gasteiger partial charge on any atom is -0.493 e. The van der Waals surface area contributed by atoms with Gasteiger partial charge in [0.15, 0.2) is 18.1 Å². The van der Waals surface area contributed by atoms with Crippen LogP contribution in [0.25, 0.3) is 0 Å². The Labute approximate surface area is 150 Å². The molecular weight excluding hydrogens is 338 g/mol. The Balaban J connectivity index is 1.31. The van der Waals surface area contributed by atoms with E-state index in [0.717, 1.165) is 5.56 Å². The van der Waals surface area contributed by atoms with Gasteiger partial charge in [0, 0.05) is 6.54 Å². The molecule has 0 spiro atoms. The maximum absolute atomic E-state index is 11.8. The number of carbonyl (C=O) groups is 2. The lowest BCUT2D eigenvalue weighted by Gasteiger charge is -2.08. The van der Waals surface area contributed by atoms with Gasteiger partial charge >= 0.3 is 5.97 Å². The molecule has 7 heteroatoms. The molecule has 0 bridgehead atoms. The minimum atomic E-state index is -0.487. The second-order valence-corrected chi connectivity index (χ2v) is 5.54. The first kappa shape index (κ1) is 17.6. The van der Waals surface area contributed by atoms with Crippen molar-refractivity contribution in [2.75, 3.05) is 20.0 Å². The van der Waals surface area contributed by atoms with Gasteiger partial charge in [-0.1, -0.05) is 24.3 Å². The van der Waals surface area contributed by atoms with Crippen LogP contribution in [0.4, 0.5) is 0 Å². The molecule has 0 saturated heterocycles. The van der Waals surface area contributed by atoms with Crippen LogP contribution in [0.2, 0.25) is 0 Å². The number of carbonyl (C=O) groups excluding carboxylic acids is 2. The number of hydrogen-bond donors (Lipinski definition) is 1. The van der Waals surface area contributed by atoms with E-state index in [9.17, 15) is 9.59 Å². The van der Waals surface area contributed by atoms with Crippen LogP contribution in [0.5, 0.6) is 17.2 Å². The standard InChI is InChI=1S/C19H19NO6/c21-18(20-11-14-6-7-16-17(10-14)26-13-25-16)12-24-19(22)8-9-23-15-4-2-1-3-5-15/h1-7,10H,8-9,11-13H2,(H,20,21). The Kier molecular flexibility index (Phi) is 5.92. The van der Waals surface area contributed by atoms with Gasteiger partial charge in [-0.15, -0.1) is 0 Å². The topological polar surface area (TPSA) is 83.1 Å². The molecule has 1 N–H and O–H groups in total. The predicted molar refractivity (Wildman–Crippen MR) is 91.9 cm³/mol. The van der Waals surface area contributed by atoms with Crippen LogP contribution in [0.1, 0.15) is 12.0 Å². The van der Waals surface area contributed by atoms with E-state index in [0.29, 0.717) is 23.8 Å². The fourth-order valence-corrected chi connectivity index (χ4v) is 2.29. The highest BCUT2D eigenvalue weighted by Gasteiger charge is 2.13. The van der Waals surface area contributed by atoms with Crippen LogP contribution in [-0.2, 0) is 20.9 Å². The smallest absolute Gasteiger partial charge is 0.309 e. The van der Waals surface area contributed by atoms with Crippen molar-refractivity contribution in [2.45, 2.75) is 13.0 Å². The van der Waals surface area contributed by atoms with Crippen molar-refractivity contribution in [3.05, 3.63) is 54.1 Å². The normalized spacial score (nSPS) is 11.7. The third kappa shape index (κ3) is 5.14. The van der Waals surface area contributed by atoms with Crippen molar-refractivity contribution < 1.29 is 28.5 Å². The summed E-state index contributed by atoms with van der Waals surface area (Å²) < 4.78 is 20.8. The molecule has 26 heavy (non-hydrogen) atoms. The van der Waals surface area contributed by atoms with Crippen LogP contribution in [0.3, 0.4) is 0 Å². The number of para-hydroxylation sites is 1. The van der Waals surface area contributed by atoms with E-state index < -0.39 is 5.97 Å². The highest BCUT2D eigenvalue weighted by molar-refractivity contribution is 5.80. The van der Waals surface area contributed by atoms with E-state index in [2.05, 4.69) is 5.32 Å². The van der Waals surface area contributed by atoms with Crippen molar-refractivity contribution in [1.29, 1.82) is 0 Å². The number of fused-ring (bicyclic) bond motifs is 1. The Morgan fingerprint density at radius 1 is 1.04 bits per heavy atom. The van der Waals surface area contributed by atoms with Crippen LogP contribution < -0.4 is 19.5 Å². The number of ether oxygens (including phenoxy) is 4. The molecule has 2 aromatic carbocycles. The lowest BCUT2D eigenvalue weighted by Crippen LogP contribution is -2.28. The lowest BCUT2D eigenvalue weighted by molar-refractivity contribution is -0.149. The number of rotatable bonds is 8. The van der Waals surface area contributed by atoms with E-state index >= 15 is 0 Å². The molecule has 136 valence electrons. The van der Waals surface area contributed by atoms with Gasteiger partial charge in [0.25, 0.3) is 5.91 Å². The maximum atomic E-state index is 11.8. The molecule has 1 heterocycles. The van der Waals surface area contributed by atoms with E-state index in [1.807, 2.05) is 24.3 Å². The predicted octanol–water partition coefficient (Wildman–Crippen LogP) is 2.04. The Hall–Kier alpha value is -3.22. The number of esters is 1. The summed E-state index contributed by atoms with van der Waals surface area (Å²) in [5, 5.41) is 2.68. The monoisotopic (exact) mass is 357 g/mol. The average Bonchev–Trinajstić information content (AvgIpc) is 3.13. The van der Waals surface area contributed by atoms with Gasteiger partial charge in [-0.2, -0.15) is 0 Å². The third-order valence-electron chi connectivity index (χ3n) is 3.61. The highest BCUT2D eigenvalue weighted by Crippen LogP contribution is 2.32. The molecule has 3 rings (SSSR count).